The van der Waals surface area contributed by atoms with Gasteiger partial charge in [-0.25, -0.2) is 0 Å². The number of halogens is 1. The number of hydrogen-bond donors (Lipinski definition) is 1. The van der Waals surface area contributed by atoms with Gasteiger partial charge >= 0.3 is 0 Å². The lowest BCUT2D eigenvalue weighted by Gasteiger charge is -2.08. The third-order valence-corrected chi connectivity index (χ3v) is 4.29. The topological polar surface area (TPSA) is 35.2 Å². The lowest BCUT2D eigenvalue weighted by atomic mass is 10.2. The average molecular weight is 338 g/mol. The lowest BCUT2D eigenvalue weighted by Crippen LogP contribution is -2.00. The highest BCUT2D eigenvalue weighted by Gasteiger charge is 2.00. The molecule has 0 bridgehead atoms. The number of nitrogen functional groups attached to an aromatic ring is 1. The van der Waals surface area contributed by atoms with E-state index in [1.807, 2.05) is 42.5 Å². The molecule has 0 amide bonds. The van der Waals surface area contributed by atoms with Gasteiger partial charge in [0.1, 0.15) is 5.75 Å². The van der Waals surface area contributed by atoms with Gasteiger partial charge in [-0.15, -0.1) is 11.8 Å². The molecule has 0 aliphatic rings. The molecule has 0 aliphatic carbocycles. The van der Waals surface area contributed by atoms with E-state index in [1.54, 1.807) is 11.8 Å². The molecule has 0 fully saturated rings. The largest absolute Gasteiger partial charge is 0.493 e. The first-order chi connectivity index (χ1) is 9.15. The van der Waals surface area contributed by atoms with Crippen molar-refractivity contribution in [3.63, 3.8) is 0 Å². The monoisotopic (exact) mass is 337 g/mol. The highest BCUT2D eigenvalue weighted by atomic mass is 79.9. The Kier molecular flexibility index (Phi) is 5.16. The van der Waals surface area contributed by atoms with E-state index in [9.17, 15) is 0 Å². The first-order valence-electron chi connectivity index (χ1n) is 6.02. The summed E-state index contributed by atoms with van der Waals surface area (Å²) in [6.45, 7) is 2.78. The molecule has 2 nitrogen and oxygen atoms in total. The van der Waals surface area contributed by atoms with Gasteiger partial charge in [0.05, 0.1) is 6.61 Å². The summed E-state index contributed by atoms with van der Waals surface area (Å²) in [6.07, 6.45) is 0. The summed E-state index contributed by atoms with van der Waals surface area (Å²) in [4.78, 5) is 1.22. The van der Waals surface area contributed by atoms with Crippen molar-refractivity contribution in [1.29, 1.82) is 0 Å². The van der Waals surface area contributed by atoms with Crippen molar-refractivity contribution in [2.75, 3.05) is 18.1 Å². The number of aryl methyl sites for hydroxylation is 1. The molecule has 100 valence electrons. The molecule has 4 heteroatoms. The van der Waals surface area contributed by atoms with Gasteiger partial charge in [0.2, 0.25) is 0 Å². The normalized spacial score (nSPS) is 10.4. The second-order valence-corrected chi connectivity index (χ2v) is 6.23. The summed E-state index contributed by atoms with van der Waals surface area (Å²) in [7, 11) is 0. The van der Waals surface area contributed by atoms with Crippen molar-refractivity contribution in [3.05, 3.63) is 52.5 Å². The van der Waals surface area contributed by atoms with Crippen LogP contribution in [0, 0.1) is 6.92 Å². The third kappa shape index (κ3) is 4.48. The smallest absolute Gasteiger partial charge is 0.119 e. The van der Waals surface area contributed by atoms with Crippen LogP contribution in [-0.2, 0) is 0 Å². The van der Waals surface area contributed by atoms with Gasteiger partial charge in [0.25, 0.3) is 0 Å². The molecular weight excluding hydrogens is 322 g/mol. The fourth-order valence-electron chi connectivity index (χ4n) is 1.61. The second-order valence-electron chi connectivity index (χ2n) is 4.18. The molecule has 2 N–H and O–H groups in total. The summed E-state index contributed by atoms with van der Waals surface area (Å²) in [5, 5.41) is 0. The molecule has 0 heterocycles. The summed E-state index contributed by atoms with van der Waals surface area (Å²) in [6, 6.07) is 13.9. The van der Waals surface area contributed by atoms with Crippen LogP contribution >= 0.6 is 27.7 Å². The predicted octanol–water partition coefficient (Wildman–Crippen LogP) is 4.51. The number of thioether (sulfide) groups is 1. The van der Waals surface area contributed by atoms with E-state index in [0.29, 0.717) is 6.61 Å². The number of hydrogen-bond acceptors (Lipinski definition) is 3. The lowest BCUT2D eigenvalue weighted by molar-refractivity contribution is 0.344. The Morgan fingerprint density at radius 2 is 1.89 bits per heavy atom. The van der Waals surface area contributed by atoms with Gasteiger partial charge in [0, 0.05) is 20.8 Å². The fourth-order valence-corrected chi connectivity index (χ4v) is 2.78. The van der Waals surface area contributed by atoms with E-state index < -0.39 is 0 Å². The van der Waals surface area contributed by atoms with Crippen LogP contribution in [0.3, 0.4) is 0 Å². The fraction of sp³-hybridized carbons (Fsp3) is 0.200. The van der Waals surface area contributed by atoms with Crippen LogP contribution in [0.1, 0.15) is 5.56 Å². The van der Waals surface area contributed by atoms with Crippen LogP contribution in [0.25, 0.3) is 0 Å². The Hall–Kier alpha value is -1.13. The van der Waals surface area contributed by atoms with Gasteiger partial charge in [-0.2, -0.15) is 0 Å². The Labute approximate surface area is 126 Å². The average Bonchev–Trinajstić information content (AvgIpc) is 2.40. The predicted molar refractivity (Wildman–Crippen MR) is 86.0 cm³/mol. The maximum Gasteiger partial charge on any atom is 0.119 e. The van der Waals surface area contributed by atoms with Crippen LogP contribution < -0.4 is 10.5 Å². The van der Waals surface area contributed by atoms with Crippen LogP contribution in [0.5, 0.6) is 5.75 Å². The highest BCUT2D eigenvalue weighted by Crippen LogP contribution is 2.24. The molecule has 0 atom stereocenters. The number of rotatable bonds is 5. The number of ether oxygens (including phenoxy) is 1. The van der Waals surface area contributed by atoms with E-state index in [4.69, 9.17) is 10.5 Å². The molecule has 0 aliphatic heterocycles. The molecule has 0 saturated carbocycles. The Bertz CT molecular complexity index is 542. The summed E-state index contributed by atoms with van der Waals surface area (Å²) in [5.41, 5.74) is 7.85. The van der Waals surface area contributed by atoms with Gasteiger partial charge in [-0.3, -0.25) is 0 Å². The standard InChI is InChI=1S/C15H16BrNOS/c1-11-2-5-13(17)10-15(11)19-9-8-18-14-6-3-12(16)4-7-14/h2-7,10H,8-9,17H2,1H3. The first kappa shape index (κ1) is 14.3. The van der Waals surface area contributed by atoms with Crippen LogP contribution in [0.2, 0.25) is 0 Å². The summed E-state index contributed by atoms with van der Waals surface area (Å²) >= 11 is 5.17. The minimum absolute atomic E-state index is 0.681. The molecule has 0 radical (unpaired) electrons. The van der Waals surface area contributed by atoms with E-state index in [-0.39, 0.29) is 0 Å². The molecule has 19 heavy (non-hydrogen) atoms. The SMILES string of the molecule is Cc1ccc(N)cc1SCCOc1ccc(Br)cc1. The zero-order chi connectivity index (χ0) is 13.7. The highest BCUT2D eigenvalue weighted by molar-refractivity contribution is 9.10. The molecule has 0 unspecified atom stereocenters. The van der Waals surface area contributed by atoms with Crippen molar-refractivity contribution in [2.24, 2.45) is 0 Å². The zero-order valence-electron chi connectivity index (χ0n) is 10.7. The van der Waals surface area contributed by atoms with Crippen molar-refractivity contribution in [3.8, 4) is 5.75 Å². The van der Waals surface area contributed by atoms with Gasteiger partial charge in [-0.05, 0) is 48.9 Å². The molecule has 2 rings (SSSR count). The zero-order valence-corrected chi connectivity index (χ0v) is 13.1. The number of nitrogens with two attached hydrogens (primary N) is 1. The van der Waals surface area contributed by atoms with E-state index in [2.05, 4.69) is 22.9 Å². The van der Waals surface area contributed by atoms with Gasteiger partial charge in [-0.1, -0.05) is 22.0 Å². The quantitative estimate of drug-likeness (QED) is 0.495. The molecule has 0 spiro atoms. The van der Waals surface area contributed by atoms with Crippen molar-refractivity contribution < 1.29 is 4.74 Å². The van der Waals surface area contributed by atoms with E-state index in [1.165, 1.54) is 10.5 Å². The second kappa shape index (κ2) is 6.87. The van der Waals surface area contributed by atoms with Crippen LogP contribution in [-0.4, -0.2) is 12.4 Å². The number of anilines is 1. The molecule has 2 aromatic rings. The van der Waals surface area contributed by atoms with Crippen molar-refractivity contribution in [2.45, 2.75) is 11.8 Å². The molecule has 0 aromatic heterocycles. The minimum atomic E-state index is 0.681. The van der Waals surface area contributed by atoms with Crippen LogP contribution in [0.4, 0.5) is 5.69 Å². The first-order valence-corrected chi connectivity index (χ1v) is 7.80. The maximum absolute atomic E-state index is 5.79. The van der Waals surface area contributed by atoms with Crippen molar-refractivity contribution in [1.82, 2.24) is 0 Å². The minimum Gasteiger partial charge on any atom is -0.493 e. The van der Waals surface area contributed by atoms with Crippen LogP contribution in [0.15, 0.2) is 51.8 Å². The Morgan fingerprint density at radius 3 is 2.63 bits per heavy atom. The van der Waals surface area contributed by atoms with E-state index >= 15 is 0 Å². The molecule has 2 aromatic carbocycles. The van der Waals surface area contributed by atoms with Gasteiger partial charge in [0.15, 0.2) is 0 Å². The third-order valence-electron chi connectivity index (χ3n) is 2.64. The van der Waals surface area contributed by atoms with E-state index in [0.717, 1.165) is 21.7 Å². The maximum atomic E-state index is 5.79. The van der Waals surface area contributed by atoms with Crippen molar-refractivity contribution >= 4 is 33.4 Å². The number of benzene rings is 2. The Balaban J connectivity index is 1.80. The summed E-state index contributed by atoms with van der Waals surface area (Å²) < 4.78 is 6.74. The molecular formula is C15H16BrNOS. The van der Waals surface area contributed by atoms with Gasteiger partial charge < -0.3 is 10.5 Å². The summed E-state index contributed by atoms with van der Waals surface area (Å²) in [5.74, 6) is 1.80. The molecule has 0 saturated heterocycles. The Morgan fingerprint density at radius 1 is 1.16 bits per heavy atom.